The minimum absolute atomic E-state index is 0.274. The SMILES string of the molecule is CCOc1ccc(S(=O)(=O)n2cnc(C)c2)c(C)c1C. The van der Waals surface area contributed by atoms with Gasteiger partial charge in [-0.25, -0.2) is 17.4 Å². The van der Waals surface area contributed by atoms with E-state index in [0.29, 0.717) is 23.6 Å². The smallest absolute Gasteiger partial charge is 0.269 e. The summed E-state index contributed by atoms with van der Waals surface area (Å²) in [6.07, 6.45) is 2.82. The molecular weight excluding hydrogens is 276 g/mol. The van der Waals surface area contributed by atoms with Crippen molar-refractivity contribution in [2.45, 2.75) is 32.6 Å². The van der Waals surface area contributed by atoms with Gasteiger partial charge in [0.1, 0.15) is 12.1 Å². The van der Waals surface area contributed by atoms with Crippen LogP contribution in [0.1, 0.15) is 23.7 Å². The Labute approximate surface area is 119 Å². The summed E-state index contributed by atoms with van der Waals surface area (Å²) in [6.45, 7) is 7.84. The second kappa shape index (κ2) is 5.28. The molecule has 1 heterocycles. The van der Waals surface area contributed by atoms with Crippen molar-refractivity contribution in [1.29, 1.82) is 0 Å². The molecule has 2 rings (SSSR count). The van der Waals surface area contributed by atoms with E-state index in [-0.39, 0.29) is 4.90 Å². The van der Waals surface area contributed by atoms with E-state index in [1.54, 1.807) is 26.0 Å². The highest BCUT2D eigenvalue weighted by molar-refractivity contribution is 7.90. The zero-order chi connectivity index (χ0) is 14.9. The van der Waals surface area contributed by atoms with Gasteiger partial charge in [0.25, 0.3) is 10.0 Å². The number of imidazole rings is 1. The predicted molar refractivity (Wildman–Crippen MR) is 76.6 cm³/mol. The van der Waals surface area contributed by atoms with E-state index in [1.165, 1.54) is 12.5 Å². The van der Waals surface area contributed by atoms with Crippen molar-refractivity contribution >= 4 is 10.0 Å². The number of hydrogen-bond donors (Lipinski definition) is 0. The fraction of sp³-hybridized carbons (Fsp3) is 0.357. The van der Waals surface area contributed by atoms with Gasteiger partial charge >= 0.3 is 0 Å². The molecule has 0 unspecified atom stereocenters. The number of nitrogens with zero attached hydrogens (tertiary/aromatic N) is 2. The lowest BCUT2D eigenvalue weighted by atomic mass is 10.1. The number of aryl methyl sites for hydroxylation is 1. The van der Waals surface area contributed by atoms with Gasteiger partial charge < -0.3 is 4.74 Å². The van der Waals surface area contributed by atoms with Crippen molar-refractivity contribution in [1.82, 2.24) is 8.96 Å². The highest BCUT2D eigenvalue weighted by atomic mass is 32.2. The zero-order valence-corrected chi connectivity index (χ0v) is 12.9. The molecule has 108 valence electrons. The molecule has 1 aromatic carbocycles. The molecule has 6 heteroatoms. The highest BCUT2D eigenvalue weighted by Gasteiger charge is 2.21. The first-order valence-corrected chi connectivity index (χ1v) is 7.81. The highest BCUT2D eigenvalue weighted by Crippen LogP contribution is 2.28. The third-order valence-corrected chi connectivity index (χ3v) is 4.99. The maximum Gasteiger partial charge on any atom is 0.269 e. The molecular formula is C14H18N2O3S. The molecule has 0 aliphatic rings. The zero-order valence-electron chi connectivity index (χ0n) is 12.0. The lowest BCUT2D eigenvalue weighted by Gasteiger charge is -2.14. The molecule has 0 spiro atoms. The van der Waals surface area contributed by atoms with Gasteiger partial charge in [-0.2, -0.15) is 0 Å². The van der Waals surface area contributed by atoms with Crippen molar-refractivity contribution in [3.05, 3.63) is 41.5 Å². The summed E-state index contributed by atoms with van der Waals surface area (Å²) in [5.74, 6) is 0.714. The molecule has 0 saturated carbocycles. The number of benzene rings is 1. The largest absolute Gasteiger partial charge is 0.494 e. The second-order valence-corrected chi connectivity index (χ2v) is 6.41. The standard InChI is InChI=1S/C14H18N2O3S/c1-5-19-13-6-7-14(12(4)11(13)3)20(17,18)16-8-10(2)15-9-16/h6-9H,5H2,1-4H3. The van der Waals surface area contributed by atoms with Crippen LogP contribution in [0.2, 0.25) is 0 Å². The summed E-state index contributed by atoms with van der Waals surface area (Å²) in [4.78, 5) is 4.24. The minimum Gasteiger partial charge on any atom is -0.494 e. The Hall–Kier alpha value is -1.82. The van der Waals surface area contributed by atoms with Gasteiger partial charge in [-0.3, -0.25) is 0 Å². The van der Waals surface area contributed by atoms with Gasteiger partial charge in [-0.05, 0) is 51.0 Å². The maximum atomic E-state index is 12.6. The Bertz CT molecular complexity index is 733. The Morgan fingerprint density at radius 2 is 1.90 bits per heavy atom. The Balaban J connectivity index is 2.56. The van der Waals surface area contributed by atoms with Crippen molar-refractivity contribution in [2.24, 2.45) is 0 Å². The van der Waals surface area contributed by atoms with Gasteiger partial charge in [0.05, 0.1) is 17.2 Å². The van der Waals surface area contributed by atoms with E-state index in [0.717, 1.165) is 9.54 Å². The topological polar surface area (TPSA) is 61.2 Å². The number of ether oxygens (including phenoxy) is 1. The molecule has 5 nitrogen and oxygen atoms in total. The van der Waals surface area contributed by atoms with Crippen molar-refractivity contribution in [3.8, 4) is 5.75 Å². The molecule has 0 fully saturated rings. The lowest BCUT2D eigenvalue weighted by Crippen LogP contribution is -2.13. The van der Waals surface area contributed by atoms with Crippen LogP contribution in [0.4, 0.5) is 0 Å². The van der Waals surface area contributed by atoms with E-state index in [1.807, 2.05) is 13.8 Å². The molecule has 0 N–H and O–H groups in total. The average Bonchev–Trinajstić information content (AvgIpc) is 2.82. The van der Waals surface area contributed by atoms with Crippen LogP contribution in [0.3, 0.4) is 0 Å². The normalized spacial score (nSPS) is 11.6. The van der Waals surface area contributed by atoms with Gasteiger partial charge in [-0.15, -0.1) is 0 Å². The molecule has 0 amide bonds. The average molecular weight is 294 g/mol. The quantitative estimate of drug-likeness (QED) is 0.869. The van der Waals surface area contributed by atoms with Crippen LogP contribution in [0, 0.1) is 20.8 Å². The first kappa shape index (κ1) is 14.6. The summed E-state index contributed by atoms with van der Waals surface area (Å²) in [6, 6.07) is 3.28. The fourth-order valence-electron chi connectivity index (χ4n) is 2.01. The van der Waals surface area contributed by atoms with E-state index in [2.05, 4.69) is 4.98 Å². The van der Waals surface area contributed by atoms with Gasteiger partial charge in [0.2, 0.25) is 0 Å². The minimum atomic E-state index is -3.60. The van der Waals surface area contributed by atoms with Crippen LogP contribution in [-0.4, -0.2) is 24.0 Å². The number of hydrogen-bond acceptors (Lipinski definition) is 4. The van der Waals surface area contributed by atoms with Crippen LogP contribution in [0.25, 0.3) is 0 Å². The van der Waals surface area contributed by atoms with E-state index in [9.17, 15) is 8.42 Å². The van der Waals surface area contributed by atoms with Gasteiger partial charge in [0.15, 0.2) is 0 Å². The first-order valence-electron chi connectivity index (χ1n) is 6.37. The van der Waals surface area contributed by atoms with Crippen molar-refractivity contribution in [3.63, 3.8) is 0 Å². The van der Waals surface area contributed by atoms with Gasteiger partial charge in [-0.1, -0.05) is 0 Å². The third kappa shape index (κ3) is 2.43. The molecule has 1 aromatic heterocycles. The Morgan fingerprint density at radius 1 is 1.20 bits per heavy atom. The summed E-state index contributed by atoms with van der Waals surface area (Å²) in [5, 5.41) is 0. The summed E-state index contributed by atoms with van der Waals surface area (Å²) < 4.78 is 31.8. The summed E-state index contributed by atoms with van der Waals surface area (Å²) in [5.41, 5.74) is 2.20. The van der Waals surface area contributed by atoms with E-state index >= 15 is 0 Å². The maximum absolute atomic E-state index is 12.6. The van der Waals surface area contributed by atoms with Crippen LogP contribution in [-0.2, 0) is 10.0 Å². The van der Waals surface area contributed by atoms with Crippen molar-refractivity contribution in [2.75, 3.05) is 6.61 Å². The molecule has 0 bridgehead atoms. The molecule has 0 saturated heterocycles. The van der Waals surface area contributed by atoms with Crippen LogP contribution >= 0.6 is 0 Å². The monoisotopic (exact) mass is 294 g/mol. The lowest BCUT2D eigenvalue weighted by molar-refractivity contribution is 0.337. The molecule has 20 heavy (non-hydrogen) atoms. The number of rotatable bonds is 4. The molecule has 2 aromatic rings. The number of aromatic nitrogens is 2. The fourth-order valence-corrected chi connectivity index (χ4v) is 3.48. The summed E-state index contributed by atoms with van der Waals surface area (Å²) >= 11 is 0. The molecule has 0 aliphatic carbocycles. The van der Waals surface area contributed by atoms with E-state index < -0.39 is 10.0 Å². The molecule has 0 radical (unpaired) electrons. The van der Waals surface area contributed by atoms with Gasteiger partial charge in [0, 0.05) is 6.20 Å². The van der Waals surface area contributed by atoms with E-state index in [4.69, 9.17) is 4.74 Å². The van der Waals surface area contributed by atoms with Crippen LogP contribution in [0.5, 0.6) is 5.75 Å². The summed E-state index contributed by atoms with van der Waals surface area (Å²) in [7, 11) is -3.60. The molecule has 0 atom stereocenters. The Morgan fingerprint density at radius 3 is 2.45 bits per heavy atom. The van der Waals surface area contributed by atoms with Crippen molar-refractivity contribution < 1.29 is 13.2 Å². The van der Waals surface area contributed by atoms with Crippen LogP contribution in [0.15, 0.2) is 29.6 Å². The molecule has 0 aliphatic heterocycles. The third-order valence-electron chi connectivity index (χ3n) is 3.23. The Kier molecular flexibility index (Phi) is 3.85. The first-order chi connectivity index (χ1) is 9.37. The predicted octanol–water partition coefficient (Wildman–Crippen LogP) is 2.44. The van der Waals surface area contributed by atoms with Crippen LogP contribution < -0.4 is 4.74 Å². The second-order valence-electron chi connectivity index (χ2n) is 4.59.